The van der Waals surface area contributed by atoms with E-state index >= 15 is 0 Å². The Hall–Kier alpha value is -0.430. The van der Waals surface area contributed by atoms with Gasteiger partial charge in [-0.2, -0.15) is 0 Å². The predicted octanol–water partition coefficient (Wildman–Crippen LogP) is 3.20. The summed E-state index contributed by atoms with van der Waals surface area (Å²) in [5.74, 6) is 0.187. The lowest BCUT2D eigenvalue weighted by molar-refractivity contribution is 0.138. The van der Waals surface area contributed by atoms with Gasteiger partial charge in [-0.05, 0) is 70.3 Å². The minimum Gasteiger partial charge on any atom is -0.328 e. The van der Waals surface area contributed by atoms with E-state index < -0.39 is 9.84 Å². The molecule has 1 atom stereocenters. The fourth-order valence-corrected chi connectivity index (χ4v) is 4.86. The number of hydrogen-bond donors (Lipinski definition) is 1. The summed E-state index contributed by atoms with van der Waals surface area (Å²) in [6, 6.07) is 7.99. The van der Waals surface area contributed by atoms with Crippen molar-refractivity contribution in [3.8, 4) is 0 Å². The number of nitrogens with two attached hydrogens (primary N) is 1. The molecule has 0 amide bonds. The summed E-state index contributed by atoms with van der Waals surface area (Å²) >= 11 is 3.33. The van der Waals surface area contributed by atoms with Crippen LogP contribution in [0.1, 0.15) is 39.0 Å². The second kappa shape index (κ2) is 8.10. The predicted molar refractivity (Wildman–Crippen MR) is 98.3 cm³/mol. The topological polar surface area (TPSA) is 63.4 Å². The highest BCUT2D eigenvalue weighted by molar-refractivity contribution is 9.10. The molecule has 1 aliphatic carbocycles. The monoisotopic (exact) mass is 402 g/mol. The fourth-order valence-electron chi connectivity index (χ4n) is 3.16. The molecule has 2 N–H and O–H groups in total. The van der Waals surface area contributed by atoms with Crippen LogP contribution < -0.4 is 5.73 Å². The molecule has 0 heterocycles. The van der Waals surface area contributed by atoms with Crippen molar-refractivity contribution >= 4 is 25.8 Å². The van der Waals surface area contributed by atoms with Crippen molar-refractivity contribution in [1.82, 2.24) is 4.90 Å². The first-order chi connectivity index (χ1) is 10.8. The first kappa shape index (κ1) is 18.9. The maximum Gasteiger partial charge on any atom is 0.178 e. The van der Waals surface area contributed by atoms with Crippen LogP contribution in [0.4, 0.5) is 0 Å². The molecule has 0 aromatic heterocycles. The molecule has 0 bridgehead atoms. The van der Waals surface area contributed by atoms with Gasteiger partial charge in [0.15, 0.2) is 9.84 Å². The van der Waals surface area contributed by atoms with Crippen LogP contribution in [0.3, 0.4) is 0 Å². The van der Waals surface area contributed by atoms with Gasteiger partial charge in [0.25, 0.3) is 0 Å². The molecule has 1 fully saturated rings. The zero-order valence-electron chi connectivity index (χ0n) is 13.9. The van der Waals surface area contributed by atoms with Crippen molar-refractivity contribution in [2.24, 2.45) is 5.73 Å². The van der Waals surface area contributed by atoms with E-state index in [9.17, 15) is 8.42 Å². The highest BCUT2D eigenvalue weighted by atomic mass is 79.9. The minimum absolute atomic E-state index is 0.187. The molecule has 130 valence electrons. The summed E-state index contributed by atoms with van der Waals surface area (Å²) in [6.07, 6.45) is 5.01. The van der Waals surface area contributed by atoms with E-state index in [1.165, 1.54) is 0 Å². The van der Waals surface area contributed by atoms with Crippen molar-refractivity contribution in [2.75, 3.05) is 12.8 Å². The van der Waals surface area contributed by atoms with Crippen LogP contribution in [-0.4, -0.2) is 44.2 Å². The van der Waals surface area contributed by atoms with Crippen molar-refractivity contribution in [3.63, 3.8) is 0 Å². The van der Waals surface area contributed by atoms with E-state index in [1.54, 1.807) is 24.3 Å². The number of nitrogens with zero attached hydrogens (tertiary/aromatic N) is 1. The second-order valence-corrected chi connectivity index (χ2v) is 9.67. The quantitative estimate of drug-likeness (QED) is 0.793. The number of sulfone groups is 1. The molecule has 0 aliphatic heterocycles. The van der Waals surface area contributed by atoms with Gasteiger partial charge in [-0.1, -0.05) is 15.9 Å². The molecule has 1 saturated carbocycles. The van der Waals surface area contributed by atoms with Gasteiger partial charge in [-0.25, -0.2) is 8.42 Å². The molecule has 1 aromatic carbocycles. The summed E-state index contributed by atoms with van der Waals surface area (Å²) in [5, 5.41) is 0. The molecule has 0 saturated heterocycles. The van der Waals surface area contributed by atoms with Crippen LogP contribution in [0.2, 0.25) is 0 Å². The molecule has 6 heteroatoms. The molecular formula is C17H27BrN2O2S. The van der Waals surface area contributed by atoms with E-state index in [4.69, 9.17) is 5.73 Å². The molecule has 1 unspecified atom stereocenters. The average molecular weight is 403 g/mol. The third-order valence-electron chi connectivity index (χ3n) is 4.99. The Labute approximate surface area is 148 Å². The first-order valence-electron chi connectivity index (χ1n) is 8.25. The Morgan fingerprint density at radius 1 is 1.22 bits per heavy atom. The highest BCUT2D eigenvalue weighted by Crippen LogP contribution is 2.24. The molecule has 1 aromatic rings. The zero-order chi connectivity index (χ0) is 17.0. The van der Waals surface area contributed by atoms with E-state index in [0.717, 1.165) is 30.2 Å². The van der Waals surface area contributed by atoms with Gasteiger partial charge in [0, 0.05) is 22.6 Å². The maximum atomic E-state index is 12.4. The Morgan fingerprint density at radius 2 is 1.78 bits per heavy atom. The number of halogens is 1. The lowest BCUT2D eigenvalue weighted by Crippen LogP contribution is -2.43. The first-order valence-corrected chi connectivity index (χ1v) is 10.7. The lowest BCUT2D eigenvalue weighted by atomic mass is 9.90. The second-order valence-electron chi connectivity index (χ2n) is 6.64. The standard InChI is InChI=1S/C17H27BrN2O2S/c1-13(20(2)16-7-5-15(19)6-8-16)11-12-23(21,22)17-9-3-14(18)4-10-17/h3-4,9-10,13,15-16H,5-8,11-12,19H2,1-2H3. The van der Waals surface area contributed by atoms with Gasteiger partial charge in [0.1, 0.15) is 0 Å². The summed E-state index contributed by atoms with van der Waals surface area (Å²) in [6.45, 7) is 2.12. The van der Waals surface area contributed by atoms with Crippen LogP contribution in [0.15, 0.2) is 33.6 Å². The molecule has 1 aliphatic rings. The lowest BCUT2D eigenvalue weighted by Gasteiger charge is -2.37. The van der Waals surface area contributed by atoms with E-state index in [2.05, 4.69) is 34.8 Å². The number of rotatable bonds is 6. The molecule has 0 spiro atoms. The van der Waals surface area contributed by atoms with Crippen molar-refractivity contribution in [1.29, 1.82) is 0 Å². The van der Waals surface area contributed by atoms with Crippen molar-refractivity contribution < 1.29 is 8.42 Å². The Kier molecular flexibility index (Phi) is 6.66. The smallest absolute Gasteiger partial charge is 0.178 e. The summed E-state index contributed by atoms with van der Waals surface area (Å²) in [5.41, 5.74) is 5.96. The highest BCUT2D eigenvalue weighted by Gasteiger charge is 2.26. The fraction of sp³-hybridized carbons (Fsp3) is 0.647. The van der Waals surface area contributed by atoms with Crippen LogP contribution in [-0.2, 0) is 9.84 Å². The molecule has 0 radical (unpaired) electrons. The van der Waals surface area contributed by atoms with Gasteiger partial charge in [0.05, 0.1) is 10.6 Å². The van der Waals surface area contributed by atoms with E-state index in [0.29, 0.717) is 23.4 Å². The van der Waals surface area contributed by atoms with Crippen LogP contribution in [0, 0.1) is 0 Å². The van der Waals surface area contributed by atoms with E-state index in [-0.39, 0.29) is 11.8 Å². The maximum absolute atomic E-state index is 12.4. The Balaban J connectivity index is 1.90. The van der Waals surface area contributed by atoms with Crippen LogP contribution >= 0.6 is 15.9 Å². The summed E-state index contributed by atoms with van der Waals surface area (Å²) in [4.78, 5) is 2.74. The van der Waals surface area contributed by atoms with Crippen LogP contribution in [0.5, 0.6) is 0 Å². The zero-order valence-corrected chi connectivity index (χ0v) is 16.3. The largest absolute Gasteiger partial charge is 0.328 e. The third kappa shape index (κ3) is 5.28. The number of hydrogen-bond acceptors (Lipinski definition) is 4. The van der Waals surface area contributed by atoms with Gasteiger partial charge < -0.3 is 10.6 Å². The molecule has 23 heavy (non-hydrogen) atoms. The Bertz CT molecular complexity index is 596. The van der Waals surface area contributed by atoms with Gasteiger partial charge >= 0.3 is 0 Å². The van der Waals surface area contributed by atoms with Crippen molar-refractivity contribution in [3.05, 3.63) is 28.7 Å². The van der Waals surface area contributed by atoms with Crippen molar-refractivity contribution in [2.45, 2.75) is 62.0 Å². The molecule has 4 nitrogen and oxygen atoms in total. The third-order valence-corrected chi connectivity index (χ3v) is 7.28. The average Bonchev–Trinajstić information content (AvgIpc) is 2.53. The summed E-state index contributed by atoms with van der Waals surface area (Å²) < 4.78 is 25.8. The van der Waals surface area contributed by atoms with Gasteiger partial charge in [-0.15, -0.1) is 0 Å². The normalized spacial score (nSPS) is 23.9. The van der Waals surface area contributed by atoms with Crippen LogP contribution in [0.25, 0.3) is 0 Å². The molecule has 2 rings (SSSR count). The number of benzene rings is 1. The molecular weight excluding hydrogens is 376 g/mol. The minimum atomic E-state index is -3.21. The summed E-state index contributed by atoms with van der Waals surface area (Å²) in [7, 11) is -1.10. The van der Waals surface area contributed by atoms with Gasteiger partial charge in [-0.3, -0.25) is 0 Å². The SMILES string of the molecule is CC(CCS(=O)(=O)c1ccc(Br)cc1)N(C)C1CCC(N)CC1. The van der Waals surface area contributed by atoms with E-state index in [1.807, 2.05) is 0 Å². The Morgan fingerprint density at radius 3 is 2.35 bits per heavy atom. The van der Waals surface area contributed by atoms with Gasteiger partial charge in [0.2, 0.25) is 0 Å².